The van der Waals surface area contributed by atoms with Gasteiger partial charge in [0.2, 0.25) is 0 Å². The molecule has 0 aliphatic heterocycles. The van der Waals surface area contributed by atoms with E-state index in [-0.39, 0.29) is 22.8 Å². The largest absolute Gasteiger partial charge is 0.295 e. The zero-order valence-corrected chi connectivity index (χ0v) is 21.0. The molecule has 0 fully saturated rings. The fourth-order valence-corrected chi connectivity index (χ4v) is 4.17. The van der Waals surface area contributed by atoms with Crippen LogP contribution in [0.15, 0.2) is 77.6 Å². The Hall–Kier alpha value is -3.27. The predicted molar refractivity (Wildman–Crippen MR) is 139 cm³/mol. The topological polar surface area (TPSA) is 52.0 Å². The monoisotopic (exact) mass is 456 g/mol. The molecule has 0 aliphatic rings. The van der Waals surface area contributed by atoms with Crippen molar-refractivity contribution < 1.29 is 4.79 Å². The Labute approximate surface area is 203 Å². The smallest absolute Gasteiger partial charge is 0.257 e. The van der Waals surface area contributed by atoms with Crippen LogP contribution in [0, 0.1) is 5.41 Å². The summed E-state index contributed by atoms with van der Waals surface area (Å²) in [5.74, 6) is 0.806. The lowest BCUT2D eigenvalue weighted by Gasteiger charge is -2.25. The third-order valence-corrected chi connectivity index (χ3v) is 5.90. The van der Waals surface area contributed by atoms with Gasteiger partial charge >= 0.3 is 0 Å². The van der Waals surface area contributed by atoms with Crippen LogP contribution in [0.25, 0.3) is 0 Å². The maximum atomic E-state index is 13.9. The first-order valence-electron chi connectivity index (χ1n) is 12.2. The molecule has 3 rings (SSSR count). The molecule has 178 valence electrons. The Morgan fingerprint density at radius 3 is 1.97 bits per heavy atom. The van der Waals surface area contributed by atoms with Crippen molar-refractivity contribution in [2.45, 2.75) is 66.3 Å². The van der Waals surface area contributed by atoms with E-state index in [4.69, 9.17) is 4.98 Å². The second-order valence-corrected chi connectivity index (χ2v) is 9.73. The van der Waals surface area contributed by atoms with Gasteiger partial charge in [-0.2, -0.15) is 0 Å². The van der Waals surface area contributed by atoms with Crippen molar-refractivity contribution in [2.24, 2.45) is 5.41 Å². The Balaban J connectivity index is 2.07. The molecule has 2 aromatic carbocycles. The van der Waals surface area contributed by atoms with Gasteiger partial charge in [-0.25, -0.2) is 4.98 Å². The van der Waals surface area contributed by atoms with Crippen LogP contribution in [-0.4, -0.2) is 15.3 Å². The van der Waals surface area contributed by atoms with Crippen molar-refractivity contribution >= 4 is 5.78 Å². The maximum absolute atomic E-state index is 13.9. The zero-order chi connectivity index (χ0) is 24.7. The molecule has 1 aromatic heterocycles. The lowest BCUT2D eigenvalue weighted by molar-refractivity contribution is -0.114. The number of ketones is 1. The summed E-state index contributed by atoms with van der Waals surface area (Å²) in [6.45, 7) is 10.2. The summed E-state index contributed by atoms with van der Waals surface area (Å²) in [6, 6.07) is 20.0. The molecular weight excluding hydrogens is 420 g/mol. The van der Waals surface area contributed by atoms with Gasteiger partial charge in [0, 0.05) is 18.4 Å². The van der Waals surface area contributed by atoms with Crippen LogP contribution in [0.5, 0.6) is 0 Å². The van der Waals surface area contributed by atoms with Gasteiger partial charge in [0.05, 0.1) is 11.7 Å². The van der Waals surface area contributed by atoms with Crippen molar-refractivity contribution in [3.63, 3.8) is 0 Å². The first kappa shape index (κ1) is 25.4. The minimum Gasteiger partial charge on any atom is -0.295 e. The SMILES string of the molecule is CCc1c(CCC(=O)/C=C\C(C)(C)C)nc(CC)n(C(c2ccccc2)c2ccccc2)c1=O. The molecule has 0 atom stereocenters. The number of hydrogen-bond acceptors (Lipinski definition) is 3. The number of aryl methyl sites for hydroxylation is 2. The van der Waals surface area contributed by atoms with E-state index in [0.717, 1.165) is 22.6 Å². The third-order valence-electron chi connectivity index (χ3n) is 5.90. The molecule has 0 radical (unpaired) electrons. The molecule has 0 amide bonds. The summed E-state index contributed by atoms with van der Waals surface area (Å²) in [7, 11) is 0. The molecule has 4 nitrogen and oxygen atoms in total. The third kappa shape index (κ3) is 6.19. The van der Waals surface area contributed by atoms with E-state index >= 15 is 0 Å². The molecular formula is C30H36N2O2. The van der Waals surface area contributed by atoms with Crippen LogP contribution in [0.4, 0.5) is 0 Å². The van der Waals surface area contributed by atoms with Crippen molar-refractivity contribution in [3.8, 4) is 0 Å². The number of rotatable bonds is 9. The van der Waals surface area contributed by atoms with Gasteiger partial charge < -0.3 is 0 Å². The number of allylic oxidation sites excluding steroid dienone is 2. The van der Waals surface area contributed by atoms with E-state index in [9.17, 15) is 9.59 Å². The number of nitrogens with zero attached hydrogens (tertiary/aromatic N) is 2. The van der Waals surface area contributed by atoms with Crippen molar-refractivity contribution in [1.29, 1.82) is 0 Å². The van der Waals surface area contributed by atoms with E-state index in [1.165, 1.54) is 0 Å². The highest BCUT2D eigenvalue weighted by Gasteiger charge is 2.24. The summed E-state index contributed by atoms with van der Waals surface area (Å²) in [6.07, 6.45) is 5.62. The molecule has 0 spiro atoms. The summed E-state index contributed by atoms with van der Waals surface area (Å²) >= 11 is 0. The Morgan fingerprint density at radius 1 is 0.941 bits per heavy atom. The van der Waals surface area contributed by atoms with Crippen LogP contribution in [-0.2, 0) is 24.1 Å². The minimum atomic E-state index is -0.256. The summed E-state index contributed by atoms with van der Waals surface area (Å²) in [4.78, 5) is 31.3. The average Bonchev–Trinajstić information content (AvgIpc) is 2.83. The highest BCUT2D eigenvalue weighted by Crippen LogP contribution is 2.27. The van der Waals surface area contributed by atoms with Crippen molar-refractivity contribution in [2.75, 3.05) is 0 Å². The van der Waals surface area contributed by atoms with Gasteiger partial charge in [0.25, 0.3) is 5.56 Å². The number of carbonyl (C=O) groups excluding carboxylic acids is 1. The van der Waals surface area contributed by atoms with Gasteiger partial charge in [-0.15, -0.1) is 0 Å². The van der Waals surface area contributed by atoms with Gasteiger partial charge in [0.15, 0.2) is 5.78 Å². The van der Waals surface area contributed by atoms with E-state index in [1.807, 2.05) is 60.9 Å². The Bertz CT molecular complexity index is 1150. The summed E-state index contributed by atoms with van der Waals surface area (Å²) < 4.78 is 1.86. The first-order chi connectivity index (χ1) is 16.2. The second-order valence-electron chi connectivity index (χ2n) is 9.73. The lowest BCUT2D eigenvalue weighted by atomic mass is 9.95. The van der Waals surface area contributed by atoms with Gasteiger partial charge in [-0.05, 0) is 35.5 Å². The molecule has 0 aliphatic carbocycles. The highest BCUT2D eigenvalue weighted by molar-refractivity contribution is 5.89. The number of benzene rings is 2. The predicted octanol–water partition coefficient (Wildman–Crippen LogP) is 6.11. The summed E-state index contributed by atoms with van der Waals surface area (Å²) in [5, 5.41) is 0. The average molecular weight is 457 g/mol. The van der Waals surface area contributed by atoms with Crippen LogP contribution in [0.3, 0.4) is 0 Å². The van der Waals surface area contributed by atoms with Crippen molar-refractivity contribution in [3.05, 3.63) is 111 Å². The van der Waals surface area contributed by atoms with Crippen molar-refractivity contribution in [1.82, 2.24) is 9.55 Å². The van der Waals surface area contributed by atoms with Gasteiger partial charge in [-0.1, -0.05) is 101 Å². The van der Waals surface area contributed by atoms with Gasteiger partial charge in [-0.3, -0.25) is 14.2 Å². The zero-order valence-electron chi connectivity index (χ0n) is 21.0. The molecule has 4 heteroatoms. The van der Waals surface area contributed by atoms with Crippen LogP contribution in [0.1, 0.15) is 75.3 Å². The second kappa shape index (κ2) is 11.2. The fourth-order valence-electron chi connectivity index (χ4n) is 4.17. The van der Waals surface area contributed by atoms with Gasteiger partial charge in [0.1, 0.15) is 5.82 Å². The highest BCUT2D eigenvalue weighted by atomic mass is 16.1. The maximum Gasteiger partial charge on any atom is 0.257 e. The molecule has 0 bridgehead atoms. The quantitative estimate of drug-likeness (QED) is 0.365. The summed E-state index contributed by atoms with van der Waals surface area (Å²) in [5.41, 5.74) is 3.48. The lowest BCUT2D eigenvalue weighted by Crippen LogP contribution is -2.34. The van der Waals surface area contributed by atoms with E-state index < -0.39 is 0 Å². The number of hydrogen-bond donors (Lipinski definition) is 0. The van der Waals surface area contributed by atoms with E-state index in [1.54, 1.807) is 6.08 Å². The normalized spacial score (nSPS) is 11.9. The first-order valence-corrected chi connectivity index (χ1v) is 12.2. The molecule has 1 heterocycles. The van der Waals surface area contributed by atoms with Crippen LogP contribution in [0.2, 0.25) is 0 Å². The molecule has 0 saturated heterocycles. The van der Waals surface area contributed by atoms with Crippen LogP contribution >= 0.6 is 0 Å². The minimum absolute atomic E-state index is 0.0141. The van der Waals surface area contributed by atoms with Crippen LogP contribution < -0.4 is 5.56 Å². The molecule has 0 saturated carbocycles. The molecule has 0 N–H and O–H groups in total. The standard InChI is InChI=1S/C30H36N2O2/c1-6-25-26(19-18-24(33)20-21-30(3,4)5)31-27(7-2)32(29(25)34)28(22-14-10-8-11-15-22)23-16-12-9-13-17-23/h8-17,20-21,28H,6-7,18-19H2,1-5H3/b21-20-. The fraction of sp³-hybridized carbons (Fsp3) is 0.367. The van der Waals surface area contributed by atoms with E-state index in [0.29, 0.717) is 31.2 Å². The molecule has 0 unspecified atom stereocenters. The molecule has 34 heavy (non-hydrogen) atoms. The number of carbonyl (C=O) groups is 1. The Morgan fingerprint density at radius 2 is 1.50 bits per heavy atom. The van der Waals surface area contributed by atoms with E-state index in [2.05, 4.69) is 45.0 Å². The molecule has 3 aromatic rings. The number of aromatic nitrogens is 2. The Kier molecular flexibility index (Phi) is 8.38.